The van der Waals surface area contributed by atoms with Crippen LogP contribution in [0.25, 0.3) is 0 Å². The summed E-state index contributed by atoms with van der Waals surface area (Å²) in [5, 5.41) is 2.85. The Morgan fingerprint density at radius 3 is 1.06 bits per heavy atom. The summed E-state index contributed by atoms with van der Waals surface area (Å²) in [6.07, 6.45) is 35.9. The largest absolute Gasteiger partial charge is 0.259 e. The number of aryl methyl sites for hydroxylation is 2. The molecule has 4 rings (SSSR count). The number of rotatable bonds is 28. The number of aliphatic imine (C=N–C) groups is 2. The molecule has 2 aliphatic heterocycles. The Morgan fingerprint density at radius 2 is 0.750 bits per heavy atom. The molecular formula is C40H62Br2N2S4. The van der Waals surface area contributed by atoms with E-state index in [1.807, 2.05) is 46.2 Å². The van der Waals surface area contributed by atoms with Crippen LogP contribution in [0.4, 0.5) is 0 Å². The van der Waals surface area contributed by atoms with Gasteiger partial charge in [-0.3, -0.25) is 9.98 Å². The minimum Gasteiger partial charge on any atom is -0.259 e. The predicted molar refractivity (Wildman–Crippen MR) is 229 cm³/mol. The molecule has 2 atom stereocenters. The van der Waals surface area contributed by atoms with E-state index in [1.165, 1.54) is 193 Å². The summed E-state index contributed by atoms with van der Waals surface area (Å²) < 4.78 is 2.46. The van der Waals surface area contributed by atoms with E-state index < -0.39 is 0 Å². The third-order valence-electron chi connectivity index (χ3n) is 9.74. The van der Waals surface area contributed by atoms with Crippen LogP contribution in [-0.4, -0.2) is 20.8 Å². The lowest BCUT2D eigenvalue weighted by Gasteiger charge is -2.06. The van der Waals surface area contributed by atoms with E-state index in [0.717, 1.165) is 12.8 Å². The Bertz CT molecular complexity index is 1140. The second-order valence-electron chi connectivity index (χ2n) is 14.0. The van der Waals surface area contributed by atoms with Crippen LogP contribution >= 0.6 is 78.1 Å². The molecule has 0 radical (unpaired) electrons. The van der Waals surface area contributed by atoms with Crippen LogP contribution in [0.3, 0.4) is 0 Å². The van der Waals surface area contributed by atoms with E-state index in [9.17, 15) is 0 Å². The zero-order valence-corrected chi connectivity index (χ0v) is 36.4. The molecule has 0 bridgehead atoms. The van der Waals surface area contributed by atoms with Crippen molar-refractivity contribution >= 4 is 88.1 Å². The lowest BCUT2D eigenvalue weighted by Crippen LogP contribution is -2.03. The molecule has 2 nitrogen and oxygen atoms in total. The number of halogens is 2. The second-order valence-corrected chi connectivity index (χ2v) is 21.0. The Balaban J connectivity index is 1.13. The first-order chi connectivity index (χ1) is 23.6. The first-order valence-electron chi connectivity index (χ1n) is 19.6. The van der Waals surface area contributed by atoms with Crippen LogP contribution in [0.1, 0.15) is 189 Å². The van der Waals surface area contributed by atoms with Gasteiger partial charge in [0.15, 0.2) is 0 Å². The molecule has 0 aromatic carbocycles. The topological polar surface area (TPSA) is 24.7 Å². The highest BCUT2D eigenvalue weighted by atomic mass is 79.9. The molecule has 2 unspecified atom stereocenters. The van der Waals surface area contributed by atoms with Crippen LogP contribution in [0.15, 0.2) is 29.7 Å². The van der Waals surface area contributed by atoms with E-state index in [4.69, 9.17) is 9.98 Å². The van der Waals surface area contributed by atoms with E-state index in [0.29, 0.717) is 0 Å². The summed E-state index contributed by atoms with van der Waals surface area (Å²) in [6, 6.07) is 4.70. The third-order valence-corrected chi connectivity index (χ3v) is 15.8. The number of thiophene rings is 2. The maximum Gasteiger partial charge on any atom is 0.135 e. The van der Waals surface area contributed by atoms with Gasteiger partial charge >= 0.3 is 0 Å². The fourth-order valence-corrected chi connectivity index (χ4v) is 13.0. The van der Waals surface area contributed by atoms with E-state index in [1.54, 1.807) is 0 Å². The van der Waals surface area contributed by atoms with Gasteiger partial charge in [-0.1, -0.05) is 179 Å². The van der Waals surface area contributed by atoms with Crippen LogP contribution < -0.4 is 0 Å². The molecule has 48 heavy (non-hydrogen) atoms. The van der Waals surface area contributed by atoms with Crippen molar-refractivity contribution in [2.24, 2.45) is 9.98 Å². The highest BCUT2D eigenvalue weighted by Gasteiger charge is 2.39. The number of hydrogen-bond acceptors (Lipinski definition) is 6. The van der Waals surface area contributed by atoms with E-state index >= 15 is 0 Å². The first-order valence-corrected chi connectivity index (χ1v) is 24.6. The average Bonchev–Trinajstić information content (AvgIpc) is 3.84. The molecular weight excluding hydrogens is 797 g/mol. The summed E-state index contributed by atoms with van der Waals surface area (Å²) in [5.41, 5.74) is 2.96. The number of nitrogens with zero attached hydrogens (tertiary/aromatic N) is 2. The molecule has 8 heteroatoms. The molecule has 0 saturated heterocycles. The molecule has 0 N–H and O–H groups in total. The van der Waals surface area contributed by atoms with E-state index in [-0.39, 0.29) is 10.7 Å². The van der Waals surface area contributed by atoms with Crippen molar-refractivity contribution < 1.29 is 0 Å². The smallest absolute Gasteiger partial charge is 0.135 e. The highest BCUT2D eigenvalue weighted by Crippen LogP contribution is 2.47. The molecule has 0 saturated carbocycles. The zero-order chi connectivity index (χ0) is 33.8. The van der Waals surface area contributed by atoms with Crippen molar-refractivity contribution in [2.75, 3.05) is 0 Å². The molecule has 2 aromatic rings. The van der Waals surface area contributed by atoms with Gasteiger partial charge in [0.05, 0.1) is 17.3 Å². The molecule has 4 heterocycles. The maximum absolute atomic E-state index is 5.26. The minimum atomic E-state index is 0.209. The molecule has 0 amide bonds. The Morgan fingerprint density at radius 1 is 0.458 bits per heavy atom. The van der Waals surface area contributed by atoms with Gasteiger partial charge in [-0.05, 0) is 80.8 Å². The standard InChI is InChI=1S/C40H62Br2N2S4/c1-3-5-7-9-11-13-15-17-19-21-23-25-27-31-29-33(41)45-35(31)37-43-39-40(47-37)44-38(48-39)36-32(30-34(42)46-36)28-26-24-22-20-18-16-14-12-10-8-6-4-2/h29-30,39-40H,3-28H2,1-2H3. The molecule has 0 spiro atoms. The van der Waals surface area contributed by atoms with Crippen molar-refractivity contribution in [3.8, 4) is 0 Å². The lowest BCUT2D eigenvalue weighted by atomic mass is 10.0. The molecule has 0 aliphatic carbocycles. The minimum absolute atomic E-state index is 0.209. The van der Waals surface area contributed by atoms with Crippen LogP contribution in [0.5, 0.6) is 0 Å². The number of thioether (sulfide) groups is 2. The fraction of sp³-hybridized carbons (Fsp3) is 0.750. The van der Waals surface area contributed by atoms with Crippen LogP contribution in [0.2, 0.25) is 0 Å². The van der Waals surface area contributed by atoms with Gasteiger partial charge < -0.3 is 0 Å². The third kappa shape index (κ3) is 14.8. The molecule has 2 aliphatic rings. The average molecular weight is 859 g/mol. The van der Waals surface area contributed by atoms with Crippen molar-refractivity contribution in [3.63, 3.8) is 0 Å². The Kier molecular flexibility index (Phi) is 21.1. The zero-order valence-electron chi connectivity index (χ0n) is 30.0. The normalized spacial score (nSPS) is 17.3. The quantitative estimate of drug-likeness (QED) is 0.0797. The molecule has 0 fully saturated rings. The van der Waals surface area contributed by atoms with Crippen molar-refractivity contribution in [2.45, 2.75) is 192 Å². The summed E-state index contributed by atoms with van der Waals surface area (Å²) in [6.45, 7) is 4.60. The predicted octanol–water partition coefficient (Wildman–Crippen LogP) is 16.2. The number of fused-ring (bicyclic) bond motifs is 1. The Hall–Kier alpha value is 0.400. The SMILES string of the molecule is CCCCCCCCCCCCCCc1cc(Br)sc1C1=NC2SC(c3sc(Br)cc3CCCCCCCCCCCCCC)=NC2S1. The lowest BCUT2D eigenvalue weighted by molar-refractivity contribution is 0.544. The molecule has 270 valence electrons. The summed E-state index contributed by atoms with van der Waals surface area (Å²) in [4.78, 5) is 13.3. The highest BCUT2D eigenvalue weighted by molar-refractivity contribution is 9.11. The second kappa shape index (κ2) is 24.6. The maximum atomic E-state index is 5.26. The van der Waals surface area contributed by atoms with Gasteiger partial charge in [-0.15, -0.1) is 22.7 Å². The van der Waals surface area contributed by atoms with Crippen molar-refractivity contribution in [3.05, 3.63) is 40.6 Å². The Labute approximate surface area is 327 Å². The summed E-state index contributed by atoms with van der Waals surface area (Å²) in [5.74, 6) is 0. The van der Waals surface area contributed by atoms with Crippen LogP contribution in [0, 0.1) is 0 Å². The van der Waals surface area contributed by atoms with Gasteiger partial charge in [-0.2, -0.15) is 0 Å². The van der Waals surface area contributed by atoms with Gasteiger partial charge in [0.2, 0.25) is 0 Å². The summed E-state index contributed by atoms with van der Waals surface area (Å²) in [7, 11) is 0. The summed E-state index contributed by atoms with van der Waals surface area (Å²) >= 11 is 15.1. The number of hydrogen-bond donors (Lipinski definition) is 0. The van der Waals surface area contributed by atoms with Gasteiger partial charge in [0.25, 0.3) is 0 Å². The number of unbranched alkanes of at least 4 members (excludes halogenated alkanes) is 22. The van der Waals surface area contributed by atoms with Gasteiger partial charge in [-0.25, -0.2) is 0 Å². The molecule has 2 aromatic heterocycles. The van der Waals surface area contributed by atoms with E-state index in [2.05, 4.69) is 57.8 Å². The fourth-order valence-electron chi connectivity index (χ4n) is 6.88. The van der Waals surface area contributed by atoms with Gasteiger partial charge in [0.1, 0.15) is 20.8 Å². The van der Waals surface area contributed by atoms with Crippen molar-refractivity contribution in [1.29, 1.82) is 0 Å². The van der Waals surface area contributed by atoms with Gasteiger partial charge in [0, 0.05) is 0 Å². The monoisotopic (exact) mass is 856 g/mol. The van der Waals surface area contributed by atoms with Crippen molar-refractivity contribution in [1.82, 2.24) is 0 Å². The van der Waals surface area contributed by atoms with Crippen LogP contribution in [-0.2, 0) is 12.8 Å². The first kappa shape index (κ1) is 41.2.